The third-order valence-corrected chi connectivity index (χ3v) is 3.90. The number of carbonyl (C=O) groups excluding carboxylic acids is 4. The van der Waals surface area contributed by atoms with Gasteiger partial charge in [-0.25, -0.2) is 0 Å². The van der Waals surface area contributed by atoms with Gasteiger partial charge in [-0.2, -0.15) is 0 Å². The van der Waals surface area contributed by atoms with E-state index in [9.17, 15) is 19.2 Å². The number of carbonyl (C=O) groups is 4. The second-order valence-corrected chi connectivity index (χ2v) is 6.24. The Balaban J connectivity index is 2.33. The van der Waals surface area contributed by atoms with Gasteiger partial charge >= 0.3 is 17.9 Å². The van der Waals surface area contributed by atoms with E-state index in [1.54, 1.807) is 31.2 Å². The second kappa shape index (κ2) is 9.32. The van der Waals surface area contributed by atoms with Crippen molar-refractivity contribution in [1.82, 2.24) is 0 Å². The van der Waals surface area contributed by atoms with E-state index in [0.717, 1.165) is 0 Å². The van der Waals surface area contributed by atoms with E-state index in [4.69, 9.17) is 23.7 Å². The first kappa shape index (κ1) is 21.4. The molecule has 1 aliphatic rings. The summed E-state index contributed by atoms with van der Waals surface area (Å²) in [4.78, 5) is 45.5. The van der Waals surface area contributed by atoms with Crippen molar-refractivity contribution < 1.29 is 42.9 Å². The molecule has 0 unspecified atom stereocenters. The van der Waals surface area contributed by atoms with Gasteiger partial charge in [0.05, 0.1) is 6.10 Å². The minimum atomic E-state index is -1.19. The van der Waals surface area contributed by atoms with Gasteiger partial charge in [-0.1, -0.05) is 0 Å². The van der Waals surface area contributed by atoms with Crippen molar-refractivity contribution in [2.45, 2.75) is 58.4 Å². The highest BCUT2D eigenvalue weighted by molar-refractivity contribution is 5.74. The predicted octanol–water partition coefficient (Wildman–Crippen LogP) is 1.42. The number of rotatable bonds is 6. The molecule has 0 amide bonds. The van der Waals surface area contributed by atoms with Gasteiger partial charge in [-0.15, -0.1) is 0 Å². The summed E-state index contributed by atoms with van der Waals surface area (Å²) in [6.07, 6.45) is -4.49. The Morgan fingerprint density at radius 3 is 1.86 bits per heavy atom. The first-order valence-electron chi connectivity index (χ1n) is 8.60. The fourth-order valence-electron chi connectivity index (χ4n) is 2.82. The van der Waals surface area contributed by atoms with Gasteiger partial charge in [0.1, 0.15) is 12.0 Å². The molecule has 1 fully saturated rings. The van der Waals surface area contributed by atoms with Gasteiger partial charge in [0, 0.05) is 26.3 Å². The van der Waals surface area contributed by atoms with Crippen LogP contribution in [0.5, 0.6) is 5.75 Å². The molecule has 1 heterocycles. The lowest BCUT2D eigenvalue weighted by Crippen LogP contribution is -2.62. The first-order valence-corrected chi connectivity index (χ1v) is 8.60. The molecule has 0 bridgehead atoms. The summed E-state index contributed by atoms with van der Waals surface area (Å²) >= 11 is 0. The summed E-state index contributed by atoms with van der Waals surface area (Å²) in [6.45, 7) is 5.18. The number of hydrogen-bond acceptors (Lipinski definition) is 9. The fourth-order valence-corrected chi connectivity index (χ4v) is 2.82. The van der Waals surface area contributed by atoms with Crippen LogP contribution in [0.15, 0.2) is 24.3 Å². The average molecular weight is 394 g/mol. The van der Waals surface area contributed by atoms with Crippen LogP contribution in [0.4, 0.5) is 0 Å². The van der Waals surface area contributed by atoms with E-state index < -0.39 is 48.6 Å². The summed E-state index contributed by atoms with van der Waals surface area (Å²) in [6, 6.07) is 6.17. The van der Waals surface area contributed by atoms with Crippen LogP contribution in [0.3, 0.4) is 0 Å². The highest BCUT2D eigenvalue weighted by Crippen LogP contribution is 2.30. The van der Waals surface area contributed by atoms with Crippen LogP contribution in [0, 0.1) is 0 Å². The average Bonchev–Trinajstić information content (AvgIpc) is 2.61. The molecule has 9 nitrogen and oxygen atoms in total. The Labute approximate surface area is 161 Å². The van der Waals surface area contributed by atoms with Crippen LogP contribution >= 0.6 is 0 Å². The zero-order valence-electron chi connectivity index (χ0n) is 15.9. The van der Waals surface area contributed by atoms with Crippen molar-refractivity contribution in [2.24, 2.45) is 0 Å². The molecular formula is C19H22O9. The molecule has 0 aromatic heterocycles. The van der Waals surface area contributed by atoms with Crippen molar-refractivity contribution >= 4 is 24.2 Å². The smallest absolute Gasteiger partial charge is 0.303 e. The summed E-state index contributed by atoms with van der Waals surface area (Å²) in [5.41, 5.74) is 0.453. The van der Waals surface area contributed by atoms with E-state index in [0.29, 0.717) is 17.6 Å². The lowest BCUT2D eigenvalue weighted by molar-refractivity contribution is -0.280. The Hall–Kier alpha value is -2.94. The summed E-state index contributed by atoms with van der Waals surface area (Å²) in [5, 5.41) is 0. The van der Waals surface area contributed by atoms with Gasteiger partial charge in [0.2, 0.25) is 12.4 Å². The van der Waals surface area contributed by atoms with Crippen molar-refractivity contribution in [3.8, 4) is 5.75 Å². The van der Waals surface area contributed by atoms with Gasteiger partial charge in [0.25, 0.3) is 0 Å². The van der Waals surface area contributed by atoms with Crippen LogP contribution in [0.1, 0.15) is 38.1 Å². The minimum Gasteiger partial charge on any atom is -0.461 e. The highest BCUT2D eigenvalue weighted by Gasteiger charge is 2.51. The molecule has 0 aliphatic carbocycles. The minimum absolute atomic E-state index is 0.340. The Bertz CT molecular complexity index is 727. The normalized spacial score (nSPS) is 26.6. The quantitative estimate of drug-likeness (QED) is 0.401. The highest BCUT2D eigenvalue weighted by atomic mass is 16.7. The molecule has 2 rings (SSSR count). The van der Waals surface area contributed by atoms with Gasteiger partial charge < -0.3 is 23.7 Å². The lowest BCUT2D eigenvalue weighted by Gasteiger charge is -2.43. The zero-order valence-corrected chi connectivity index (χ0v) is 15.9. The predicted molar refractivity (Wildman–Crippen MR) is 93.5 cm³/mol. The summed E-state index contributed by atoms with van der Waals surface area (Å²) in [5.74, 6) is -1.58. The summed E-state index contributed by atoms with van der Waals surface area (Å²) < 4.78 is 27.3. The van der Waals surface area contributed by atoms with Crippen molar-refractivity contribution in [3.05, 3.63) is 29.8 Å². The Kier molecular flexibility index (Phi) is 7.11. The van der Waals surface area contributed by atoms with Crippen molar-refractivity contribution in [1.29, 1.82) is 0 Å². The monoisotopic (exact) mass is 394 g/mol. The maximum Gasteiger partial charge on any atom is 0.303 e. The largest absolute Gasteiger partial charge is 0.461 e. The third-order valence-electron chi connectivity index (χ3n) is 3.90. The zero-order chi connectivity index (χ0) is 20.8. The molecule has 0 saturated carbocycles. The molecule has 1 aliphatic heterocycles. The van der Waals surface area contributed by atoms with Crippen LogP contribution in [0.2, 0.25) is 0 Å². The molecule has 28 heavy (non-hydrogen) atoms. The molecule has 9 heteroatoms. The SMILES string of the molecule is CC(=O)O[C@@H]1[C@@H](OC(C)=O)[C@H](C)O[C@@H](Oc2ccc(C=O)cc2)[C@@H]1OC(C)=O. The summed E-state index contributed by atoms with van der Waals surface area (Å²) in [7, 11) is 0. The first-order chi connectivity index (χ1) is 13.2. The number of hydrogen-bond donors (Lipinski definition) is 0. The van der Waals surface area contributed by atoms with E-state index in [-0.39, 0.29) is 0 Å². The topological polar surface area (TPSA) is 114 Å². The van der Waals surface area contributed by atoms with Crippen LogP contribution in [0.25, 0.3) is 0 Å². The fraction of sp³-hybridized carbons (Fsp3) is 0.474. The van der Waals surface area contributed by atoms with Crippen molar-refractivity contribution in [2.75, 3.05) is 0 Å². The molecule has 0 radical (unpaired) electrons. The van der Waals surface area contributed by atoms with Gasteiger partial charge in [-0.05, 0) is 31.2 Å². The molecule has 1 aromatic carbocycles. The van der Waals surface area contributed by atoms with Crippen LogP contribution in [-0.4, -0.2) is 54.9 Å². The number of aldehydes is 1. The Morgan fingerprint density at radius 2 is 1.36 bits per heavy atom. The van der Waals surface area contributed by atoms with Crippen molar-refractivity contribution in [3.63, 3.8) is 0 Å². The van der Waals surface area contributed by atoms with E-state index in [1.165, 1.54) is 20.8 Å². The molecule has 5 atom stereocenters. The van der Waals surface area contributed by atoms with Crippen LogP contribution in [-0.2, 0) is 33.3 Å². The van der Waals surface area contributed by atoms with E-state index in [2.05, 4.69) is 0 Å². The molecule has 0 N–H and O–H groups in total. The molecule has 152 valence electrons. The maximum absolute atomic E-state index is 11.6. The second-order valence-electron chi connectivity index (χ2n) is 6.24. The third kappa shape index (κ3) is 5.53. The Morgan fingerprint density at radius 1 is 0.857 bits per heavy atom. The molecular weight excluding hydrogens is 372 g/mol. The molecule has 0 spiro atoms. The van der Waals surface area contributed by atoms with E-state index >= 15 is 0 Å². The van der Waals surface area contributed by atoms with Crippen LogP contribution < -0.4 is 4.74 Å². The lowest BCUT2D eigenvalue weighted by atomic mass is 9.99. The van der Waals surface area contributed by atoms with Gasteiger partial charge in [-0.3, -0.25) is 19.2 Å². The maximum atomic E-state index is 11.6. The number of esters is 3. The molecule has 1 saturated heterocycles. The van der Waals surface area contributed by atoms with E-state index in [1.807, 2.05) is 0 Å². The number of benzene rings is 1. The standard InChI is InChI=1S/C19H22O9/c1-10-16(25-11(2)21)17(26-12(3)22)18(27-13(4)23)19(24-10)28-15-7-5-14(9-20)6-8-15/h5-10,16-19H,1-4H3/t10-,16-,17+,18+,19-/m0/s1. The number of ether oxygens (including phenoxy) is 5. The molecule has 1 aromatic rings. The van der Waals surface area contributed by atoms with Gasteiger partial charge in [0.15, 0.2) is 12.2 Å².